The fourth-order valence-electron chi connectivity index (χ4n) is 2.49. The van der Waals surface area contributed by atoms with Crippen molar-refractivity contribution in [3.63, 3.8) is 0 Å². The molecule has 0 aliphatic rings. The molecule has 118 valence electrons. The molecule has 3 aromatic carbocycles. The molecule has 0 unspecified atom stereocenters. The first-order valence-corrected chi connectivity index (χ1v) is 8.62. The first-order chi connectivity index (χ1) is 11.9. The first-order valence-electron chi connectivity index (χ1n) is 7.80. The lowest BCUT2D eigenvalue weighted by Crippen LogP contribution is -1.95. The number of thiophene rings is 1. The number of fused-ring (bicyclic) bond motifs is 1. The number of benzene rings is 3. The standard InChI is InChI=1S/C21H16O2S/c1-2-7-16(8-3-1)15-22-18-10-6-11-19(14-18)23-21-13-17-9-4-5-12-20(17)24-21/h1-14H,15H2. The summed E-state index contributed by atoms with van der Waals surface area (Å²) >= 11 is 1.65. The van der Waals surface area contributed by atoms with E-state index in [4.69, 9.17) is 9.47 Å². The highest BCUT2D eigenvalue weighted by Crippen LogP contribution is 2.35. The Morgan fingerprint density at radius 3 is 2.38 bits per heavy atom. The van der Waals surface area contributed by atoms with E-state index in [-0.39, 0.29) is 0 Å². The summed E-state index contributed by atoms with van der Waals surface area (Å²) in [5, 5.41) is 2.09. The molecule has 1 aromatic heterocycles. The van der Waals surface area contributed by atoms with Crippen molar-refractivity contribution >= 4 is 21.4 Å². The van der Waals surface area contributed by atoms with Gasteiger partial charge in [-0.15, -0.1) is 0 Å². The third-order valence-electron chi connectivity index (χ3n) is 3.68. The van der Waals surface area contributed by atoms with Gasteiger partial charge in [-0.1, -0.05) is 65.9 Å². The van der Waals surface area contributed by atoms with Crippen LogP contribution in [0.3, 0.4) is 0 Å². The van der Waals surface area contributed by atoms with Crippen LogP contribution in [-0.4, -0.2) is 0 Å². The van der Waals surface area contributed by atoms with Gasteiger partial charge in [-0.05, 0) is 29.1 Å². The van der Waals surface area contributed by atoms with Crippen molar-refractivity contribution in [2.45, 2.75) is 6.61 Å². The van der Waals surface area contributed by atoms with Crippen molar-refractivity contribution in [2.24, 2.45) is 0 Å². The summed E-state index contributed by atoms with van der Waals surface area (Å²) in [7, 11) is 0. The summed E-state index contributed by atoms with van der Waals surface area (Å²) in [5.74, 6) is 1.59. The van der Waals surface area contributed by atoms with Gasteiger partial charge in [-0.2, -0.15) is 0 Å². The van der Waals surface area contributed by atoms with E-state index < -0.39 is 0 Å². The van der Waals surface area contributed by atoms with Gasteiger partial charge < -0.3 is 9.47 Å². The average molecular weight is 332 g/mol. The Balaban J connectivity index is 1.48. The number of hydrogen-bond donors (Lipinski definition) is 0. The molecule has 0 fully saturated rings. The zero-order valence-electron chi connectivity index (χ0n) is 13.0. The van der Waals surface area contributed by atoms with E-state index in [0.717, 1.165) is 22.1 Å². The SMILES string of the molecule is c1ccc(COc2cccc(Oc3cc4ccccc4s3)c2)cc1. The van der Waals surface area contributed by atoms with Crippen LogP contribution >= 0.6 is 11.3 Å². The molecule has 3 heteroatoms. The van der Waals surface area contributed by atoms with Gasteiger partial charge in [0.05, 0.1) is 0 Å². The van der Waals surface area contributed by atoms with Gasteiger partial charge in [0, 0.05) is 16.8 Å². The Kier molecular flexibility index (Phi) is 4.17. The number of hydrogen-bond acceptors (Lipinski definition) is 3. The van der Waals surface area contributed by atoms with E-state index in [1.54, 1.807) is 11.3 Å². The van der Waals surface area contributed by atoms with Gasteiger partial charge in [-0.25, -0.2) is 0 Å². The van der Waals surface area contributed by atoms with Crippen LogP contribution in [0.4, 0.5) is 0 Å². The van der Waals surface area contributed by atoms with Crippen LogP contribution in [0, 0.1) is 0 Å². The summed E-state index contributed by atoms with van der Waals surface area (Å²) in [5.41, 5.74) is 1.15. The Morgan fingerprint density at radius 1 is 0.708 bits per heavy atom. The smallest absolute Gasteiger partial charge is 0.182 e. The molecule has 0 amide bonds. The molecule has 4 aromatic rings. The van der Waals surface area contributed by atoms with Gasteiger partial charge >= 0.3 is 0 Å². The Bertz CT molecular complexity index is 911. The molecule has 0 atom stereocenters. The van der Waals surface area contributed by atoms with Crippen LogP contribution in [0.2, 0.25) is 0 Å². The minimum absolute atomic E-state index is 0.549. The van der Waals surface area contributed by atoms with E-state index in [2.05, 4.69) is 30.3 Å². The Hall–Kier alpha value is -2.78. The minimum Gasteiger partial charge on any atom is -0.489 e. The lowest BCUT2D eigenvalue weighted by Gasteiger charge is -2.08. The van der Waals surface area contributed by atoms with Crippen LogP contribution < -0.4 is 9.47 Å². The normalized spacial score (nSPS) is 10.7. The van der Waals surface area contributed by atoms with E-state index >= 15 is 0 Å². The van der Waals surface area contributed by atoms with Crippen LogP contribution in [0.15, 0.2) is 84.9 Å². The topological polar surface area (TPSA) is 18.5 Å². The second-order valence-corrected chi connectivity index (χ2v) is 6.50. The van der Waals surface area contributed by atoms with E-state index in [1.807, 2.05) is 54.6 Å². The molecule has 0 aliphatic carbocycles. The fraction of sp³-hybridized carbons (Fsp3) is 0.0476. The predicted octanol–water partition coefficient (Wildman–Crippen LogP) is 6.27. The monoisotopic (exact) mass is 332 g/mol. The van der Waals surface area contributed by atoms with Crippen LogP contribution in [-0.2, 0) is 6.61 Å². The molecule has 0 N–H and O–H groups in total. The molecule has 0 saturated heterocycles. The maximum Gasteiger partial charge on any atom is 0.182 e. The highest BCUT2D eigenvalue weighted by molar-refractivity contribution is 7.20. The van der Waals surface area contributed by atoms with Gasteiger partial charge in [0.1, 0.15) is 18.1 Å². The van der Waals surface area contributed by atoms with Crippen molar-refractivity contribution in [2.75, 3.05) is 0 Å². The fourth-order valence-corrected chi connectivity index (χ4v) is 3.42. The van der Waals surface area contributed by atoms with Crippen LogP contribution in [0.5, 0.6) is 16.6 Å². The molecule has 0 saturated carbocycles. The van der Waals surface area contributed by atoms with Crippen molar-refractivity contribution in [3.8, 4) is 16.6 Å². The third-order valence-corrected chi connectivity index (χ3v) is 4.67. The molecule has 0 bridgehead atoms. The zero-order chi connectivity index (χ0) is 16.2. The van der Waals surface area contributed by atoms with Crippen molar-refractivity contribution in [1.29, 1.82) is 0 Å². The largest absolute Gasteiger partial charge is 0.489 e. The van der Waals surface area contributed by atoms with Gasteiger partial charge in [0.2, 0.25) is 0 Å². The molecular formula is C21H16O2S. The van der Waals surface area contributed by atoms with Gasteiger partial charge in [0.15, 0.2) is 5.06 Å². The molecule has 1 heterocycles. The average Bonchev–Trinajstić information content (AvgIpc) is 3.03. The molecule has 2 nitrogen and oxygen atoms in total. The number of ether oxygens (including phenoxy) is 2. The molecule has 0 radical (unpaired) electrons. The van der Waals surface area contributed by atoms with Gasteiger partial charge in [0.25, 0.3) is 0 Å². The van der Waals surface area contributed by atoms with E-state index in [1.165, 1.54) is 10.1 Å². The van der Waals surface area contributed by atoms with Crippen LogP contribution in [0.1, 0.15) is 5.56 Å². The third kappa shape index (κ3) is 3.42. The molecular weight excluding hydrogens is 316 g/mol. The minimum atomic E-state index is 0.549. The highest BCUT2D eigenvalue weighted by Gasteiger charge is 2.05. The van der Waals surface area contributed by atoms with E-state index in [9.17, 15) is 0 Å². The zero-order valence-corrected chi connectivity index (χ0v) is 13.8. The maximum absolute atomic E-state index is 5.99. The van der Waals surface area contributed by atoms with Gasteiger partial charge in [-0.3, -0.25) is 0 Å². The summed E-state index contributed by atoms with van der Waals surface area (Å²) in [6.07, 6.45) is 0. The molecule has 24 heavy (non-hydrogen) atoms. The molecule has 0 spiro atoms. The Morgan fingerprint density at radius 2 is 1.50 bits per heavy atom. The quantitative estimate of drug-likeness (QED) is 0.428. The molecule has 0 aliphatic heterocycles. The highest BCUT2D eigenvalue weighted by atomic mass is 32.1. The lowest BCUT2D eigenvalue weighted by atomic mass is 10.2. The summed E-state index contributed by atoms with van der Waals surface area (Å²) in [4.78, 5) is 0. The first kappa shape index (κ1) is 14.8. The molecule has 4 rings (SSSR count). The van der Waals surface area contributed by atoms with Crippen molar-refractivity contribution in [1.82, 2.24) is 0 Å². The second kappa shape index (κ2) is 6.77. The summed E-state index contributed by atoms with van der Waals surface area (Å²) < 4.78 is 13.1. The van der Waals surface area contributed by atoms with E-state index in [0.29, 0.717) is 6.61 Å². The second-order valence-electron chi connectivity index (χ2n) is 5.45. The predicted molar refractivity (Wildman–Crippen MR) is 99.1 cm³/mol. The Labute approximate surface area is 144 Å². The van der Waals surface area contributed by atoms with Crippen molar-refractivity contribution < 1.29 is 9.47 Å². The number of rotatable bonds is 5. The summed E-state index contributed by atoms with van der Waals surface area (Å²) in [6.45, 7) is 0.549. The summed E-state index contributed by atoms with van der Waals surface area (Å²) in [6, 6.07) is 28.2. The van der Waals surface area contributed by atoms with Crippen molar-refractivity contribution in [3.05, 3.63) is 90.5 Å². The lowest BCUT2D eigenvalue weighted by molar-refractivity contribution is 0.305. The van der Waals surface area contributed by atoms with Crippen LogP contribution in [0.25, 0.3) is 10.1 Å². The maximum atomic E-state index is 5.99.